The molecule has 2 rings (SSSR count). The molecule has 0 aliphatic carbocycles. The monoisotopic (exact) mass is 602 g/mol. The molecule has 11 nitrogen and oxygen atoms in total. The Kier molecular flexibility index (Phi) is 13.2. The van der Waals surface area contributed by atoms with E-state index in [1.165, 1.54) is 6.92 Å². The van der Waals surface area contributed by atoms with E-state index < -0.39 is 65.8 Å². The predicted octanol–water partition coefficient (Wildman–Crippen LogP) is 2.19. The maximum absolute atomic E-state index is 13.4. The van der Waals surface area contributed by atoms with Gasteiger partial charge in [0.25, 0.3) is 6.47 Å². The molecular weight excluding hydrogens is 544 g/mol. The molecule has 2 fully saturated rings. The van der Waals surface area contributed by atoms with Gasteiger partial charge in [-0.25, -0.2) is 0 Å². The quantitative estimate of drug-likeness (QED) is 0.305. The third-order valence-corrected chi connectivity index (χ3v) is 9.69. The van der Waals surface area contributed by atoms with E-state index in [0.717, 1.165) is 6.42 Å². The molecule has 1 unspecified atom stereocenters. The van der Waals surface area contributed by atoms with Gasteiger partial charge in [-0.15, -0.1) is 0 Å². The minimum Gasteiger partial charge on any atom is -0.459 e. The highest BCUT2D eigenvalue weighted by atomic mass is 16.7. The fourth-order valence-corrected chi connectivity index (χ4v) is 6.88. The molecule has 0 amide bonds. The molecule has 0 bridgehead atoms. The average molecular weight is 603 g/mol. The van der Waals surface area contributed by atoms with Gasteiger partial charge in [-0.05, 0) is 80.9 Å². The van der Waals surface area contributed by atoms with Crippen LogP contribution in [0, 0.1) is 17.8 Å². The summed E-state index contributed by atoms with van der Waals surface area (Å²) >= 11 is 0. The van der Waals surface area contributed by atoms with Crippen LogP contribution < -0.4 is 0 Å². The van der Waals surface area contributed by atoms with E-state index in [1.807, 2.05) is 46.8 Å². The van der Waals surface area contributed by atoms with Gasteiger partial charge in [0.05, 0.1) is 18.1 Å². The number of aliphatic hydroxyl groups excluding tert-OH is 2. The van der Waals surface area contributed by atoms with Crippen LogP contribution >= 0.6 is 0 Å². The highest BCUT2D eigenvalue weighted by Gasteiger charge is 2.50. The minimum absolute atomic E-state index is 0.0573. The Morgan fingerprint density at radius 3 is 2.29 bits per heavy atom. The van der Waals surface area contributed by atoms with E-state index in [9.17, 15) is 24.9 Å². The first kappa shape index (κ1) is 36.8. The average Bonchev–Trinajstić information content (AvgIpc) is 2.91. The Hall–Kier alpha value is -1.34. The summed E-state index contributed by atoms with van der Waals surface area (Å²) in [4.78, 5) is 29.4. The first-order chi connectivity index (χ1) is 19.4. The summed E-state index contributed by atoms with van der Waals surface area (Å²) < 4.78 is 24.4. The minimum atomic E-state index is -1.74. The van der Waals surface area contributed by atoms with Gasteiger partial charge in [-0.2, -0.15) is 0 Å². The maximum Gasteiger partial charge on any atom is 0.311 e. The number of esters is 1. The number of nitrogens with zero attached hydrogens (tertiary/aromatic N) is 2. The van der Waals surface area contributed by atoms with Crippen molar-refractivity contribution in [2.45, 2.75) is 141 Å². The lowest BCUT2D eigenvalue weighted by Gasteiger charge is -2.46. The molecule has 3 N–H and O–H groups in total. The summed E-state index contributed by atoms with van der Waals surface area (Å²) in [7, 11) is 5.88. The van der Waals surface area contributed by atoms with E-state index in [0.29, 0.717) is 25.9 Å². The van der Waals surface area contributed by atoms with E-state index in [1.54, 1.807) is 27.7 Å². The largest absolute Gasteiger partial charge is 0.459 e. The van der Waals surface area contributed by atoms with Crippen molar-refractivity contribution in [1.29, 1.82) is 0 Å². The van der Waals surface area contributed by atoms with Gasteiger partial charge in [0.15, 0.2) is 6.29 Å². The standard InChI is InChI=1S/C31H58N2O9/c1-12-24-31(8,38)27(36)22(6)33(11)16-18(2)15-30(7,39-17-34)28(20(4)26(35)21(5)29(37)41-24)42-25-14-23(32(9)10)13-19(3)40-25/h17-28,35-36,38H,12-16H2,1-11H3/t18-,19-,20+,21-,22-,23+,24-,25+,26+,27?,28-,30-,31-/m1/s1. The van der Waals surface area contributed by atoms with E-state index >= 15 is 0 Å². The summed E-state index contributed by atoms with van der Waals surface area (Å²) in [6.07, 6.45) is -2.93. The molecule has 2 aliphatic heterocycles. The highest BCUT2D eigenvalue weighted by molar-refractivity contribution is 5.73. The maximum atomic E-state index is 13.4. The van der Waals surface area contributed by atoms with Gasteiger partial charge in [-0.1, -0.05) is 20.8 Å². The topological polar surface area (TPSA) is 138 Å². The molecule has 0 aromatic rings. The van der Waals surface area contributed by atoms with Gasteiger partial charge < -0.3 is 44.1 Å². The summed E-state index contributed by atoms with van der Waals surface area (Å²) in [5, 5.41) is 34.2. The van der Waals surface area contributed by atoms with Gasteiger partial charge >= 0.3 is 5.97 Å². The van der Waals surface area contributed by atoms with Crippen LogP contribution in [0.5, 0.6) is 0 Å². The Morgan fingerprint density at radius 2 is 1.74 bits per heavy atom. The summed E-state index contributed by atoms with van der Waals surface area (Å²) in [5.74, 6) is -2.45. The number of rotatable bonds is 6. The Morgan fingerprint density at radius 1 is 1.12 bits per heavy atom. The number of cyclic esters (lactones) is 1. The van der Waals surface area contributed by atoms with Gasteiger partial charge in [-0.3, -0.25) is 9.59 Å². The molecule has 2 saturated heterocycles. The number of aliphatic hydroxyl groups is 3. The fraction of sp³-hybridized carbons (Fsp3) is 0.935. The first-order valence-corrected chi connectivity index (χ1v) is 15.5. The van der Waals surface area contributed by atoms with E-state index in [4.69, 9.17) is 18.9 Å². The second kappa shape index (κ2) is 15.1. The van der Waals surface area contributed by atoms with Crippen LogP contribution in [-0.4, -0.2) is 125 Å². The van der Waals surface area contributed by atoms with Crippen molar-refractivity contribution >= 4 is 12.4 Å². The van der Waals surface area contributed by atoms with Gasteiger partial charge in [0, 0.05) is 31.0 Å². The molecule has 0 aromatic heterocycles. The zero-order valence-electron chi connectivity index (χ0n) is 27.6. The smallest absolute Gasteiger partial charge is 0.311 e. The molecule has 0 aromatic carbocycles. The third kappa shape index (κ3) is 8.64. The number of hydrogen-bond acceptors (Lipinski definition) is 11. The van der Waals surface area contributed by atoms with Crippen LogP contribution in [-0.2, 0) is 28.5 Å². The molecule has 246 valence electrons. The first-order valence-electron chi connectivity index (χ1n) is 15.5. The van der Waals surface area contributed by atoms with Crippen LogP contribution in [0.4, 0.5) is 0 Å². The predicted molar refractivity (Wildman–Crippen MR) is 158 cm³/mol. The Bertz CT molecular complexity index is 873. The van der Waals surface area contributed by atoms with Crippen LogP contribution in [0.1, 0.15) is 81.1 Å². The number of carbonyl (C=O) groups is 2. The van der Waals surface area contributed by atoms with Crippen molar-refractivity contribution in [3.05, 3.63) is 0 Å². The molecule has 42 heavy (non-hydrogen) atoms. The molecular formula is C31H58N2O9. The molecule has 0 saturated carbocycles. The zero-order valence-corrected chi connectivity index (χ0v) is 27.6. The third-order valence-electron chi connectivity index (χ3n) is 9.69. The Balaban J connectivity index is 2.58. The molecule has 11 heteroatoms. The van der Waals surface area contributed by atoms with Crippen LogP contribution in [0.3, 0.4) is 0 Å². The molecule has 2 heterocycles. The van der Waals surface area contributed by atoms with Gasteiger partial charge in [0.1, 0.15) is 29.5 Å². The van der Waals surface area contributed by atoms with Crippen LogP contribution in [0.15, 0.2) is 0 Å². The van der Waals surface area contributed by atoms with E-state index in [-0.39, 0.29) is 24.5 Å². The van der Waals surface area contributed by atoms with Crippen molar-refractivity contribution in [3.63, 3.8) is 0 Å². The summed E-state index contributed by atoms with van der Waals surface area (Å²) in [6.45, 7) is 15.1. The van der Waals surface area contributed by atoms with Crippen molar-refractivity contribution in [2.75, 3.05) is 27.7 Å². The van der Waals surface area contributed by atoms with Crippen molar-refractivity contribution in [2.24, 2.45) is 17.8 Å². The Labute approximate surface area is 252 Å². The zero-order chi connectivity index (χ0) is 32.2. The lowest BCUT2D eigenvalue weighted by atomic mass is 9.77. The van der Waals surface area contributed by atoms with Crippen molar-refractivity contribution in [1.82, 2.24) is 9.80 Å². The van der Waals surface area contributed by atoms with Crippen LogP contribution in [0.2, 0.25) is 0 Å². The summed E-state index contributed by atoms with van der Waals surface area (Å²) in [6, 6.07) is -0.278. The van der Waals surface area contributed by atoms with Gasteiger partial charge in [0.2, 0.25) is 0 Å². The summed E-state index contributed by atoms with van der Waals surface area (Å²) in [5.41, 5.74) is -2.93. The molecule has 0 radical (unpaired) electrons. The second-order valence-corrected chi connectivity index (χ2v) is 13.7. The number of hydrogen-bond donors (Lipinski definition) is 3. The fourth-order valence-electron chi connectivity index (χ4n) is 6.88. The molecule has 0 spiro atoms. The number of likely N-dealkylation sites (N-methyl/N-ethyl adjacent to an activating group) is 1. The highest BCUT2D eigenvalue weighted by Crippen LogP contribution is 2.38. The number of ether oxygens (including phenoxy) is 4. The molecule has 2 aliphatic rings. The lowest BCUT2D eigenvalue weighted by molar-refractivity contribution is -0.269. The normalized spacial score (nSPS) is 45.5. The van der Waals surface area contributed by atoms with E-state index in [2.05, 4.69) is 4.90 Å². The lowest BCUT2D eigenvalue weighted by Crippen LogP contribution is -2.59. The second-order valence-electron chi connectivity index (χ2n) is 13.7. The van der Waals surface area contributed by atoms with Crippen molar-refractivity contribution < 1.29 is 43.9 Å². The number of carbonyl (C=O) groups excluding carboxylic acids is 2. The SMILES string of the molecule is CC[C@H]1OC(=O)[C@H](C)[C@@H](O)[C@H](C)[C@@H](O[C@H]2C[C@@H](N(C)C)C[C@@H](C)O2)[C@](C)(OC=O)C[C@@H](C)CN(C)[C@H](C)C(O)[C@]1(C)O. The van der Waals surface area contributed by atoms with Crippen LogP contribution in [0.25, 0.3) is 0 Å². The van der Waals surface area contributed by atoms with Crippen molar-refractivity contribution in [3.8, 4) is 0 Å². The molecule has 13 atom stereocenters.